The third-order valence-corrected chi connectivity index (χ3v) is 5.34. The molecule has 0 saturated carbocycles. The highest BCUT2D eigenvalue weighted by atomic mass is 16.5. The highest BCUT2D eigenvalue weighted by Crippen LogP contribution is 2.27. The lowest BCUT2D eigenvalue weighted by molar-refractivity contribution is 0.0179. The summed E-state index contributed by atoms with van der Waals surface area (Å²) < 4.78 is 6.36. The Kier molecular flexibility index (Phi) is 10.4. The van der Waals surface area contributed by atoms with Crippen molar-refractivity contribution in [1.82, 2.24) is 4.90 Å². The van der Waals surface area contributed by atoms with Crippen LogP contribution in [-0.4, -0.2) is 31.1 Å². The Balaban J connectivity index is 3.01. The Labute approximate surface area is 157 Å². The zero-order valence-electron chi connectivity index (χ0n) is 17.8. The van der Waals surface area contributed by atoms with Gasteiger partial charge in [-0.3, -0.25) is 4.90 Å². The van der Waals surface area contributed by atoms with E-state index < -0.39 is 0 Å². The van der Waals surface area contributed by atoms with Gasteiger partial charge in [-0.2, -0.15) is 0 Å². The summed E-state index contributed by atoms with van der Waals surface area (Å²) in [5.41, 5.74) is 4.11. The second-order valence-electron chi connectivity index (χ2n) is 7.91. The number of ether oxygens (including phenoxy) is 1. The second-order valence-corrected chi connectivity index (χ2v) is 7.91. The highest BCUT2D eigenvalue weighted by Gasteiger charge is 2.22. The normalized spacial score (nSPS) is 15.4. The van der Waals surface area contributed by atoms with Crippen LogP contribution in [0.5, 0.6) is 0 Å². The number of hydrogen-bond acceptors (Lipinski definition) is 2. The standard InChI is InChI=1S/C23H41NO/c1-8-14-25-22(23-20(6)12-11-13-21(23)7)17-24(15-18(4)9-2)16-19(5)10-3/h11-13,18-19,22H,8-10,14-17H2,1-7H3. The maximum atomic E-state index is 6.36. The molecule has 0 fully saturated rings. The van der Waals surface area contributed by atoms with Gasteiger partial charge >= 0.3 is 0 Å². The maximum Gasteiger partial charge on any atom is 0.0956 e. The fourth-order valence-electron chi connectivity index (χ4n) is 3.42. The van der Waals surface area contributed by atoms with Crippen molar-refractivity contribution < 1.29 is 4.74 Å². The van der Waals surface area contributed by atoms with E-state index in [1.807, 2.05) is 0 Å². The van der Waals surface area contributed by atoms with Gasteiger partial charge in [-0.15, -0.1) is 0 Å². The van der Waals surface area contributed by atoms with E-state index in [0.29, 0.717) is 0 Å². The van der Waals surface area contributed by atoms with Crippen LogP contribution in [0, 0.1) is 25.7 Å². The molecule has 0 amide bonds. The first-order valence-corrected chi connectivity index (χ1v) is 10.3. The van der Waals surface area contributed by atoms with Crippen molar-refractivity contribution in [1.29, 1.82) is 0 Å². The van der Waals surface area contributed by atoms with Gasteiger partial charge in [-0.25, -0.2) is 0 Å². The maximum absolute atomic E-state index is 6.36. The minimum Gasteiger partial charge on any atom is -0.372 e. The van der Waals surface area contributed by atoms with Gasteiger partial charge in [-0.1, -0.05) is 65.7 Å². The van der Waals surface area contributed by atoms with Gasteiger partial charge in [0.1, 0.15) is 0 Å². The molecule has 1 aromatic rings. The van der Waals surface area contributed by atoms with E-state index in [-0.39, 0.29) is 6.10 Å². The first-order chi connectivity index (χ1) is 11.9. The molecule has 2 heteroatoms. The highest BCUT2D eigenvalue weighted by molar-refractivity contribution is 5.35. The van der Waals surface area contributed by atoms with Gasteiger partial charge in [0.2, 0.25) is 0 Å². The summed E-state index contributed by atoms with van der Waals surface area (Å²) in [6.07, 6.45) is 3.72. The lowest BCUT2D eigenvalue weighted by Gasteiger charge is -2.32. The summed E-state index contributed by atoms with van der Waals surface area (Å²) in [5, 5.41) is 0. The number of nitrogens with zero attached hydrogens (tertiary/aromatic N) is 1. The van der Waals surface area contributed by atoms with Crippen LogP contribution < -0.4 is 0 Å². The van der Waals surface area contributed by atoms with Gasteiger partial charge in [0.25, 0.3) is 0 Å². The summed E-state index contributed by atoms with van der Waals surface area (Å²) in [6, 6.07) is 6.59. The third-order valence-electron chi connectivity index (χ3n) is 5.34. The molecule has 0 aliphatic heterocycles. The minimum atomic E-state index is 0.175. The van der Waals surface area contributed by atoms with Crippen LogP contribution >= 0.6 is 0 Å². The van der Waals surface area contributed by atoms with E-state index in [1.165, 1.54) is 29.5 Å². The molecule has 2 nitrogen and oxygen atoms in total. The lowest BCUT2D eigenvalue weighted by Crippen LogP contribution is -2.37. The predicted octanol–water partition coefficient (Wildman–Crippen LogP) is 6.17. The van der Waals surface area contributed by atoms with Crippen molar-refractivity contribution >= 4 is 0 Å². The van der Waals surface area contributed by atoms with Crippen molar-refractivity contribution in [2.45, 2.75) is 73.8 Å². The molecule has 0 heterocycles. The fourth-order valence-corrected chi connectivity index (χ4v) is 3.42. The van der Waals surface area contributed by atoms with Crippen LogP contribution in [0.4, 0.5) is 0 Å². The molecule has 0 saturated heterocycles. The van der Waals surface area contributed by atoms with Gasteiger partial charge in [0, 0.05) is 26.2 Å². The zero-order valence-corrected chi connectivity index (χ0v) is 17.8. The van der Waals surface area contributed by atoms with E-state index in [1.54, 1.807) is 0 Å². The van der Waals surface area contributed by atoms with E-state index in [2.05, 4.69) is 71.6 Å². The van der Waals surface area contributed by atoms with Crippen molar-refractivity contribution in [2.24, 2.45) is 11.8 Å². The molecule has 0 aliphatic carbocycles. The zero-order chi connectivity index (χ0) is 18.8. The molecule has 25 heavy (non-hydrogen) atoms. The van der Waals surface area contributed by atoms with Crippen LogP contribution in [0.25, 0.3) is 0 Å². The van der Waals surface area contributed by atoms with Gasteiger partial charge in [0.15, 0.2) is 0 Å². The average molecular weight is 348 g/mol. The summed E-state index contributed by atoms with van der Waals surface area (Å²) in [7, 11) is 0. The first-order valence-electron chi connectivity index (χ1n) is 10.3. The lowest BCUT2D eigenvalue weighted by atomic mass is 9.96. The molecular weight excluding hydrogens is 306 g/mol. The molecule has 0 spiro atoms. The predicted molar refractivity (Wildman–Crippen MR) is 110 cm³/mol. The van der Waals surface area contributed by atoms with Crippen LogP contribution in [0.3, 0.4) is 0 Å². The van der Waals surface area contributed by atoms with Gasteiger partial charge < -0.3 is 4.74 Å². The Morgan fingerprint density at radius 3 is 1.84 bits per heavy atom. The topological polar surface area (TPSA) is 12.5 Å². The quantitative estimate of drug-likeness (QED) is 0.448. The summed E-state index contributed by atoms with van der Waals surface area (Å²) in [5.74, 6) is 1.46. The summed E-state index contributed by atoms with van der Waals surface area (Å²) >= 11 is 0. The van der Waals surface area contributed by atoms with Crippen molar-refractivity contribution in [3.63, 3.8) is 0 Å². The van der Waals surface area contributed by atoms with Crippen LogP contribution in [-0.2, 0) is 4.74 Å². The summed E-state index contributed by atoms with van der Waals surface area (Å²) in [4.78, 5) is 2.65. The average Bonchev–Trinajstić information content (AvgIpc) is 2.58. The van der Waals surface area contributed by atoms with E-state index in [9.17, 15) is 0 Å². The van der Waals surface area contributed by atoms with Crippen molar-refractivity contribution in [3.8, 4) is 0 Å². The molecular formula is C23H41NO. The van der Waals surface area contributed by atoms with Crippen molar-refractivity contribution in [3.05, 3.63) is 34.9 Å². The Morgan fingerprint density at radius 1 is 0.880 bits per heavy atom. The van der Waals surface area contributed by atoms with Gasteiger partial charge in [0.05, 0.1) is 6.10 Å². The molecule has 0 radical (unpaired) electrons. The number of rotatable bonds is 12. The summed E-state index contributed by atoms with van der Waals surface area (Å²) in [6.45, 7) is 20.1. The fraction of sp³-hybridized carbons (Fsp3) is 0.739. The largest absolute Gasteiger partial charge is 0.372 e. The first kappa shape index (κ1) is 22.2. The van der Waals surface area contributed by atoms with Crippen LogP contribution in [0.2, 0.25) is 0 Å². The van der Waals surface area contributed by atoms with Crippen molar-refractivity contribution in [2.75, 3.05) is 26.2 Å². The number of hydrogen-bond donors (Lipinski definition) is 0. The molecule has 3 atom stereocenters. The smallest absolute Gasteiger partial charge is 0.0956 e. The van der Waals surface area contributed by atoms with E-state index in [4.69, 9.17) is 4.74 Å². The molecule has 0 aromatic heterocycles. The number of aryl methyl sites for hydroxylation is 2. The van der Waals surface area contributed by atoms with Crippen LogP contribution in [0.15, 0.2) is 18.2 Å². The molecule has 1 rings (SSSR count). The Morgan fingerprint density at radius 2 is 1.40 bits per heavy atom. The molecule has 1 aromatic carbocycles. The van der Waals surface area contributed by atoms with Crippen LogP contribution in [0.1, 0.15) is 76.7 Å². The number of benzene rings is 1. The Hall–Kier alpha value is -0.860. The monoisotopic (exact) mass is 347 g/mol. The minimum absolute atomic E-state index is 0.175. The SMILES string of the molecule is CCCOC(CN(CC(C)CC)CC(C)CC)c1c(C)cccc1C. The third kappa shape index (κ3) is 7.50. The molecule has 0 aliphatic rings. The molecule has 0 bridgehead atoms. The van der Waals surface area contributed by atoms with E-state index >= 15 is 0 Å². The Bertz CT molecular complexity index is 453. The van der Waals surface area contributed by atoms with E-state index in [0.717, 1.165) is 44.5 Å². The molecule has 0 N–H and O–H groups in total. The molecule has 3 unspecified atom stereocenters. The second kappa shape index (κ2) is 11.7. The molecule has 144 valence electrons. The van der Waals surface area contributed by atoms with Gasteiger partial charge in [-0.05, 0) is 48.8 Å².